The van der Waals surface area contributed by atoms with Gasteiger partial charge in [0.25, 0.3) is 5.56 Å². The number of rotatable bonds is 2. The molecule has 148 valence electrons. The second-order valence-corrected chi connectivity index (χ2v) is 8.08. The van der Waals surface area contributed by atoms with E-state index >= 15 is 0 Å². The summed E-state index contributed by atoms with van der Waals surface area (Å²) in [5.74, 6) is -0.225. The molecule has 0 saturated carbocycles. The maximum absolute atomic E-state index is 12.8. The number of phenolic OH excluding ortho intramolecular Hbond substituents is 1. The van der Waals surface area contributed by atoms with Gasteiger partial charge in [-0.05, 0) is 29.8 Å². The van der Waals surface area contributed by atoms with Crippen LogP contribution in [0.1, 0.15) is 22.8 Å². The van der Waals surface area contributed by atoms with E-state index in [-0.39, 0.29) is 16.6 Å². The van der Waals surface area contributed by atoms with Crippen LogP contribution in [-0.2, 0) is 14.1 Å². The van der Waals surface area contributed by atoms with Gasteiger partial charge in [0.15, 0.2) is 0 Å². The zero-order chi connectivity index (χ0) is 20.7. The van der Waals surface area contributed by atoms with Crippen molar-refractivity contribution in [2.45, 2.75) is 16.6 Å². The van der Waals surface area contributed by atoms with Crippen molar-refractivity contribution >= 4 is 23.2 Å². The number of aromatic nitrogens is 2. The molecule has 7 nitrogen and oxygen atoms in total. The maximum atomic E-state index is 12.8. The van der Waals surface area contributed by atoms with Crippen LogP contribution in [0.25, 0.3) is 0 Å². The van der Waals surface area contributed by atoms with Crippen molar-refractivity contribution in [2.24, 2.45) is 19.1 Å². The van der Waals surface area contributed by atoms with E-state index in [1.165, 1.54) is 14.1 Å². The Morgan fingerprint density at radius 3 is 2.41 bits per heavy atom. The molecule has 0 aliphatic carbocycles. The van der Waals surface area contributed by atoms with Crippen molar-refractivity contribution in [3.8, 4) is 11.6 Å². The first-order valence-corrected chi connectivity index (χ1v) is 9.86. The number of aromatic hydroxyl groups is 2. The predicted molar refractivity (Wildman–Crippen MR) is 113 cm³/mol. The highest BCUT2D eigenvalue weighted by atomic mass is 32.2. The minimum Gasteiger partial charge on any atom is -0.508 e. The summed E-state index contributed by atoms with van der Waals surface area (Å²) in [5, 5.41) is 20.1. The van der Waals surface area contributed by atoms with Gasteiger partial charge in [-0.15, -0.1) is 11.8 Å². The fraction of sp³-hybridized carbons (Fsp3) is 0.190. The molecule has 2 N–H and O–H groups in total. The lowest BCUT2D eigenvalue weighted by molar-refractivity contribution is 0.410. The van der Waals surface area contributed by atoms with Gasteiger partial charge >= 0.3 is 5.69 Å². The quantitative estimate of drug-likeness (QED) is 0.678. The van der Waals surface area contributed by atoms with Crippen molar-refractivity contribution < 1.29 is 10.2 Å². The lowest BCUT2D eigenvalue weighted by Crippen LogP contribution is -2.40. The average Bonchev–Trinajstić information content (AvgIpc) is 2.91. The van der Waals surface area contributed by atoms with E-state index in [0.29, 0.717) is 17.8 Å². The number of aliphatic imine (C=N–C) groups is 1. The topological polar surface area (TPSA) is 96.8 Å². The number of thioether (sulfide) groups is 1. The van der Waals surface area contributed by atoms with Gasteiger partial charge in [-0.1, -0.05) is 24.3 Å². The first-order chi connectivity index (χ1) is 13.9. The summed E-state index contributed by atoms with van der Waals surface area (Å²) in [6, 6.07) is 14.5. The standard InChI is InChI=1S/C21H19N3O4S/c1-23-19(26)18(20(27)24(2)21(23)28)15-11-17(12-7-9-13(25)10-8-12)29-16-6-4-3-5-14(16)22-15/h3-10,17,25-26H,11H2,1-2H3. The Kier molecular flexibility index (Phi) is 4.79. The molecule has 1 atom stereocenters. The van der Waals surface area contributed by atoms with Crippen LogP contribution in [0, 0.1) is 0 Å². The third kappa shape index (κ3) is 3.36. The molecule has 1 unspecified atom stereocenters. The fourth-order valence-corrected chi connectivity index (χ4v) is 4.56. The molecule has 0 amide bonds. The number of phenols is 1. The largest absolute Gasteiger partial charge is 0.508 e. The maximum Gasteiger partial charge on any atom is 0.333 e. The van der Waals surface area contributed by atoms with Crippen molar-refractivity contribution in [3.05, 3.63) is 80.5 Å². The minimum atomic E-state index is -0.602. The zero-order valence-corrected chi connectivity index (χ0v) is 16.7. The summed E-state index contributed by atoms with van der Waals surface area (Å²) in [4.78, 5) is 30.6. The second-order valence-electron chi connectivity index (χ2n) is 6.83. The number of hydrogen-bond acceptors (Lipinski definition) is 6. The van der Waals surface area contributed by atoms with Crippen molar-refractivity contribution in [2.75, 3.05) is 0 Å². The number of hydrogen-bond donors (Lipinski definition) is 2. The second kappa shape index (κ2) is 7.29. The Balaban J connectivity index is 1.93. The van der Waals surface area contributed by atoms with Crippen LogP contribution in [0.3, 0.4) is 0 Å². The van der Waals surface area contributed by atoms with Gasteiger partial charge in [-0.2, -0.15) is 0 Å². The fourth-order valence-electron chi connectivity index (χ4n) is 3.33. The van der Waals surface area contributed by atoms with Crippen molar-refractivity contribution in [3.63, 3.8) is 0 Å². The third-order valence-electron chi connectivity index (χ3n) is 4.96. The van der Waals surface area contributed by atoms with Gasteiger partial charge in [0, 0.05) is 30.7 Å². The highest BCUT2D eigenvalue weighted by Crippen LogP contribution is 2.45. The van der Waals surface area contributed by atoms with Gasteiger partial charge in [-0.3, -0.25) is 18.9 Å². The lowest BCUT2D eigenvalue weighted by atomic mass is 10.0. The molecule has 29 heavy (non-hydrogen) atoms. The Bertz CT molecular complexity index is 1240. The molecule has 0 radical (unpaired) electrons. The molecule has 0 fully saturated rings. The third-order valence-corrected chi connectivity index (χ3v) is 6.28. The van der Waals surface area contributed by atoms with Crippen LogP contribution < -0.4 is 11.2 Å². The van der Waals surface area contributed by atoms with Crippen LogP contribution in [0.15, 0.2) is 68.0 Å². The Hall–Kier alpha value is -3.26. The van der Waals surface area contributed by atoms with Crippen LogP contribution in [0.4, 0.5) is 5.69 Å². The number of nitrogens with zero attached hydrogens (tertiary/aromatic N) is 3. The number of fused-ring (bicyclic) bond motifs is 1. The van der Waals surface area contributed by atoms with E-state index in [2.05, 4.69) is 0 Å². The molecule has 0 bridgehead atoms. The predicted octanol–water partition coefficient (Wildman–Crippen LogP) is 2.85. The Morgan fingerprint density at radius 2 is 1.69 bits per heavy atom. The van der Waals surface area contributed by atoms with E-state index in [1.807, 2.05) is 36.4 Å². The van der Waals surface area contributed by atoms with Crippen molar-refractivity contribution in [1.82, 2.24) is 9.13 Å². The number of para-hydroxylation sites is 1. The zero-order valence-electron chi connectivity index (χ0n) is 15.9. The Labute approximate surface area is 170 Å². The summed E-state index contributed by atoms with van der Waals surface area (Å²) in [7, 11) is 2.79. The van der Waals surface area contributed by atoms with Gasteiger partial charge < -0.3 is 10.2 Å². The normalized spacial score (nSPS) is 16.1. The molecule has 1 aliphatic rings. The Morgan fingerprint density at radius 1 is 1.00 bits per heavy atom. The highest BCUT2D eigenvalue weighted by Gasteiger charge is 2.27. The first-order valence-electron chi connectivity index (χ1n) is 8.98. The lowest BCUT2D eigenvalue weighted by Gasteiger charge is -2.17. The van der Waals surface area contributed by atoms with Crippen LogP contribution in [0.2, 0.25) is 0 Å². The van der Waals surface area contributed by atoms with Crippen LogP contribution in [-0.4, -0.2) is 25.1 Å². The smallest absolute Gasteiger partial charge is 0.333 e. The highest BCUT2D eigenvalue weighted by molar-refractivity contribution is 7.99. The minimum absolute atomic E-state index is 0.0238. The van der Waals surface area contributed by atoms with Gasteiger partial charge in [0.2, 0.25) is 5.88 Å². The van der Waals surface area contributed by atoms with Gasteiger partial charge in [0.1, 0.15) is 11.3 Å². The van der Waals surface area contributed by atoms with E-state index in [0.717, 1.165) is 19.6 Å². The molecule has 0 saturated heterocycles. The van der Waals surface area contributed by atoms with Crippen LogP contribution >= 0.6 is 11.8 Å². The molecular weight excluding hydrogens is 390 g/mol. The van der Waals surface area contributed by atoms with E-state index in [4.69, 9.17) is 4.99 Å². The molecule has 8 heteroatoms. The van der Waals surface area contributed by atoms with Gasteiger partial charge in [-0.25, -0.2) is 4.79 Å². The molecule has 3 aromatic rings. The van der Waals surface area contributed by atoms with Gasteiger partial charge in [0.05, 0.1) is 11.4 Å². The molecular formula is C21H19N3O4S. The van der Waals surface area contributed by atoms with Crippen LogP contribution in [0.5, 0.6) is 11.6 Å². The molecule has 0 spiro atoms. The summed E-state index contributed by atoms with van der Waals surface area (Å²) in [6.07, 6.45) is 0.366. The summed E-state index contributed by atoms with van der Waals surface area (Å²) in [5.41, 5.74) is 0.904. The molecule has 2 aromatic carbocycles. The molecule has 1 aromatic heterocycles. The first kappa shape index (κ1) is 19.1. The van der Waals surface area contributed by atoms with E-state index in [1.54, 1.807) is 23.9 Å². The van der Waals surface area contributed by atoms with E-state index in [9.17, 15) is 19.8 Å². The summed E-state index contributed by atoms with van der Waals surface area (Å²) in [6.45, 7) is 0. The number of benzene rings is 2. The SMILES string of the molecule is Cn1c(O)c(C2=Nc3ccccc3SC(c3ccc(O)cc3)C2)c(=O)n(C)c1=O. The summed E-state index contributed by atoms with van der Waals surface area (Å²) < 4.78 is 2.01. The molecule has 2 heterocycles. The molecule has 1 aliphatic heterocycles. The van der Waals surface area contributed by atoms with E-state index < -0.39 is 17.1 Å². The molecule has 4 rings (SSSR count). The van der Waals surface area contributed by atoms with Crippen molar-refractivity contribution in [1.29, 1.82) is 0 Å². The monoisotopic (exact) mass is 409 g/mol. The summed E-state index contributed by atoms with van der Waals surface area (Å²) >= 11 is 1.60. The average molecular weight is 409 g/mol.